The molecule has 0 saturated heterocycles. The minimum Gasteiger partial charge on any atom is -0.396 e. The molecule has 84 valence electrons. The van der Waals surface area contributed by atoms with Gasteiger partial charge in [-0.05, 0) is 37.4 Å². The molecule has 0 heterocycles. The van der Waals surface area contributed by atoms with Gasteiger partial charge in [0, 0.05) is 6.61 Å². The summed E-state index contributed by atoms with van der Waals surface area (Å²) in [5.41, 5.74) is 1.40. The predicted molar refractivity (Wildman–Crippen MR) is 63.9 cm³/mol. The maximum Gasteiger partial charge on any atom is 0.0468 e. The van der Waals surface area contributed by atoms with Crippen LogP contribution in [0.5, 0.6) is 0 Å². The molecular weight excluding hydrogens is 186 g/mol. The first kappa shape index (κ1) is 12.2. The van der Waals surface area contributed by atoms with Crippen molar-refractivity contribution in [3.8, 4) is 0 Å². The zero-order valence-corrected chi connectivity index (χ0v) is 9.45. The molecule has 15 heavy (non-hydrogen) atoms. The second kappa shape index (κ2) is 7.43. The van der Waals surface area contributed by atoms with Crippen LogP contribution in [0.15, 0.2) is 30.3 Å². The number of hydrogen-bond acceptors (Lipinski definition) is 2. The molecule has 1 atom stereocenters. The van der Waals surface area contributed by atoms with Crippen molar-refractivity contribution in [1.82, 2.24) is 5.32 Å². The van der Waals surface area contributed by atoms with Crippen LogP contribution in [0.3, 0.4) is 0 Å². The van der Waals surface area contributed by atoms with E-state index in [1.807, 2.05) is 13.0 Å². The Bertz CT molecular complexity index is 248. The van der Waals surface area contributed by atoms with E-state index in [0.717, 1.165) is 25.9 Å². The monoisotopic (exact) mass is 207 g/mol. The quantitative estimate of drug-likeness (QED) is 0.669. The lowest BCUT2D eigenvalue weighted by Crippen LogP contribution is -2.24. The lowest BCUT2D eigenvalue weighted by Gasteiger charge is -2.09. The van der Waals surface area contributed by atoms with E-state index in [1.165, 1.54) is 5.56 Å². The van der Waals surface area contributed by atoms with E-state index in [-0.39, 0.29) is 6.61 Å². The van der Waals surface area contributed by atoms with Gasteiger partial charge in [-0.15, -0.1) is 0 Å². The van der Waals surface area contributed by atoms with Crippen LogP contribution in [0.4, 0.5) is 0 Å². The van der Waals surface area contributed by atoms with E-state index in [4.69, 9.17) is 5.11 Å². The van der Waals surface area contributed by atoms with E-state index in [1.54, 1.807) is 0 Å². The van der Waals surface area contributed by atoms with Crippen LogP contribution in [0, 0.1) is 5.92 Å². The number of aryl methyl sites for hydroxylation is 1. The van der Waals surface area contributed by atoms with Gasteiger partial charge in [0.2, 0.25) is 0 Å². The second-order valence-corrected chi connectivity index (χ2v) is 4.08. The number of aliphatic hydroxyl groups excluding tert-OH is 1. The third-order valence-corrected chi connectivity index (χ3v) is 2.47. The molecule has 0 saturated carbocycles. The first-order valence-electron chi connectivity index (χ1n) is 5.68. The second-order valence-electron chi connectivity index (χ2n) is 4.08. The summed E-state index contributed by atoms with van der Waals surface area (Å²) in [7, 11) is 0. The molecule has 2 N–H and O–H groups in total. The molecule has 2 heteroatoms. The zero-order chi connectivity index (χ0) is 10.9. The van der Waals surface area contributed by atoms with Gasteiger partial charge in [0.05, 0.1) is 0 Å². The third kappa shape index (κ3) is 5.55. The Hall–Kier alpha value is -0.860. The summed E-state index contributed by atoms with van der Waals surface area (Å²) < 4.78 is 0. The largest absolute Gasteiger partial charge is 0.396 e. The van der Waals surface area contributed by atoms with Crippen LogP contribution in [0.25, 0.3) is 0 Å². The minimum absolute atomic E-state index is 0.270. The third-order valence-electron chi connectivity index (χ3n) is 2.47. The molecule has 1 unspecified atom stereocenters. The molecule has 0 aliphatic heterocycles. The Morgan fingerprint density at radius 1 is 1.27 bits per heavy atom. The Labute approximate surface area is 92.3 Å². The fourth-order valence-electron chi connectivity index (χ4n) is 1.48. The Morgan fingerprint density at radius 2 is 2.00 bits per heavy atom. The number of nitrogens with one attached hydrogen (secondary N) is 1. The van der Waals surface area contributed by atoms with Crippen molar-refractivity contribution >= 4 is 0 Å². The van der Waals surface area contributed by atoms with Gasteiger partial charge < -0.3 is 10.4 Å². The highest BCUT2D eigenvalue weighted by Gasteiger charge is 1.98. The first-order valence-corrected chi connectivity index (χ1v) is 5.68. The number of benzene rings is 1. The van der Waals surface area contributed by atoms with E-state index in [9.17, 15) is 0 Å². The average Bonchev–Trinajstić information content (AvgIpc) is 2.29. The van der Waals surface area contributed by atoms with Gasteiger partial charge in [0.1, 0.15) is 0 Å². The fourth-order valence-corrected chi connectivity index (χ4v) is 1.48. The molecule has 0 fully saturated rings. The van der Waals surface area contributed by atoms with E-state index >= 15 is 0 Å². The summed E-state index contributed by atoms with van der Waals surface area (Å²) in [6, 6.07) is 10.5. The van der Waals surface area contributed by atoms with Crippen LogP contribution < -0.4 is 5.32 Å². The fraction of sp³-hybridized carbons (Fsp3) is 0.538. The van der Waals surface area contributed by atoms with Crippen molar-refractivity contribution in [3.05, 3.63) is 35.9 Å². The van der Waals surface area contributed by atoms with Crippen molar-refractivity contribution in [3.63, 3.8) is 0 Å². The molecule has 1 rings (SSSR count). The molecule has 0 bridgehead atoms. The van der Waals surface area contributed by atoms with Crippen molar-refractivity contribution in [2.45, 2.75) is 19.8 Å². The molecule has 0 radical (unpaired) electrons. The summed E-state index contributed by atoms with van der Waals surface area (Å²) in [5, 5.41) is 12.2. The standard InChI is InChI=1S/C13H21NO/c1-12(11-15)10-14-9-5-8-13-6-3-2-4-7-13/h2-4,6-7,12,14-15H,5,8-11H2,1H3. The molecule has 0 aliphatic rings. The number of aliphatic hydroxyl groups is 1. The van der Waals surface area contributed by atoms with Gasteiger partial charge in [-0.25, -0.2) is 0 Å². The summed E-state index contributed by atoms with van der Waals surface area (Å²) in [6.45, 7) is 4.25. The number of rotatable bonds is 7. The van der Waals surface area contributed by atoms with Crippen LogP contribution in [0.2, 0.25) is 0 Å². The SMILES string of the molecule is CC(CO)CNCCCc1ccccc1. The molecule has 0 aliphatic carbocycles. The minimum atomic E-state index is 0.270. The van der Waals surface area contributed by atoms with E-state index < -0.39 is 0 Å². The average molecular weight is 207 g/mol. The highest BCUT2D eigenvalue weighted by molar-refractivity contribution is 5.14. The normalized spacial score (nSPS) is 12.7. The van der Waals surface area contributed by atoms with Crippen LogP contribution in [-0.2, 0) is 6.42 Å². The van der Waals surface area contributed by atoms with Crippen molar-refractivity contribution in [2.24, 2.45) is 5.92 Å². The zero-order valence-electron chi connectivity index (χ0n) is 9.45. The van der Waals surface area contributed by atoms with Gasteiger partial charge in [-0.3, -0.25) is 0 Å². The molecule has 0 amide bonds. The van der Waals surface area contributed by atoms with Crippen molar-refractivity contribution in [2.75, 3.05) is 19.7 Å². The molecular formula is C13H21NO. The predicted octanol–water partition coefficient (Wildman–Crippen LogP) is 1.84. The van der Waals surface area contributed by atoms with Gasteiger partial charge in [0.15, 0.2) is 0 Å². The van der Waals surface area contributed by atoms with Crippen LogP contribution >= 0.6 is 0 Å². The van der Waals surface area contributed by atoms with E-state index in [0.29, 0.717) is 5.92 Å². The topological polar surface area (TPSA) is 32.3 Å². The highest BCUT2D eigenvalue weighted by atomic mass is 16.3. The lowest BCUT2D eigenvalue weighted by molar-refractivity contribution is 0.234. The van der Waals surface area contributed by atoms with Crippen LogP contribution in [-0.4, -0.2) is 24.8 Å². The van der Waals surface area contributed by atoms with Crippen molar-refractivity contribution in [1.29, 1.82) is 0 Å². The molecule has 0 spiro atoms. The first-order chi connectivity index (χ1) is 7.33. The summed E-state index contributed by atoms with van der Waals surface area (Å²) in [5.74, 6) is 0.363. The van der Waals surface area contributed by atoms with Gasteiger partial charge in [0.25, 0.3) is 0 Å². The van der Waals surface area contributed by atoms with Gasteiger partial charge in [-0.1, -0.05) is 37.3 Å². The van der Waals surface area contributed by atoms with Crippen LogP contribution in [0.1, 0.15) is 18.9 Å². The molecule has 1 aromatic rings. The van der Waals surface area contributed by atoms with Gasteiger partial charge in [-0.2, -0.15) is 0 Å². The molecule has 0 aromatic heterocycles. The maximum absolute atomic E-state index is 8.83. The summed E-state index contributed by atoms with van der Waals surface area (Å²) in [6.07, 6.45) is 2.28. The molecule has 1 aromatic carbocycles. The van der Waals surface area contributed by atoms with Crippen molar-refractivity contribution < 1.29 is 5.11 Å². The molecule has 2 nitrogen and oxygen atoms in total. The summed E-state index contributed by atoms with van der Waals surface area (Å²) >= 11 is 0. The Morgan fingerprint density at radius 3 is 2.67 bits per heavy atom. The lowest BCUT2D eigenvalue weighted by atomic mass is 10.1. The maximum atomic E-state index is 8.83. The van der Waals surface area contributed by atoms with E-state index in [2.05, 4.69) is 29.6 Å². The number of hydrogen-bond donors (Lipinski definition) is 2. The Balaban J connectivity index is 2.03. The van der Waals surface area contributed by atoms with Gasteiger partial charge >= 0.3 is 0 Å². The summed E-state index contributed by atoms with van der Waals surface area (Å²) in [4.78, 5) is 0. The highest BCUT2D eigenvalue weighted by Crippen LogP contribution is 2.01. The Kier molecular flexibility index (Phi) is 6.05. The smallest absolute Gasteiger partial charge is 0.0468 e.